The van der Waals surface area contributed by atoms with Gasteiger partial charge in [-0.25, -0.2) is 0 Å². The number of furan rings is 1. The number of hydrogen-bond acceptors (Lipinski definition) is 6. The number of rotatable bonds is 7. The molecule has 0 unspecified atom stereocenters. The Bertz CT molecular complexity index is 792. The van der Waals surface area contributed by atoms with Gasteiger partial charge in [0, 0.05) is 38.7 Å². The quantitative estimate of drug-likeness (QED) is 0.785. The van der Waals surface area contributed by atoms with Crippen molar-refractivity contribution in [2.75, 3.05) is 33.0 Å². The van der Waals surface area contributed by atoms with Gasteiger partial charge in [0.15, 0.2) is 11.5 Å². The standard InChI is InChI=1S/C21H26N2O5/c24-10-7-17-13-23(9-8-22(17)14-18-2-1-11-26-18)21(25)6-4-16-3-5-19-20(12-16)28-15-27-19/h1-3,5,11-12,17,24H,4,6-10,13-15H2/t17-/m1/s1. The SMILES string of the molecule is O=C(CCc1ccc2c(c1)OCO2)N1CCN(Cc2ccco2)[C@H](CCO)C1. The molecule has 1 atom stereocenters. The number of carbonyl (C=O) groups is 1. The van der Waals surface area contributed by atoms with E-state index in [2.05, 4.69) is 4.90 Å². The maximum absolute atomic E-state index is 12.7. The number of aryl methyl sites for hydroxylation is 1. The summed E-state index contributed by atoms with van der Waals surface area (Å²) in [4.78, 5) is 17.0. The van der Waals surface area contributed by atoms with Crippen molar-refractivity contribution in [3.8, 4) is 11.5 Å². The lowest BCUT2D eigenvalue weighted by Crippen LogP contribution is -2.54. The van der Waals surface area contributed by atoms with Gasteiger partial charge in [0.05, 0.1) is 12.8 Å². The van der Waals surface area contributed by atoms with Gasteiger partial charge in [0.1, 0.15) is 5.76 Å². The summed E-state index contributed by atoms with van der Waals surface area (Å²) < 4.78 is 16.2. The fraction of sp³-hybridized carbons (Fsp3) is 0.476. The number of ether oxygens (including phenoxy) is 2. The highest BCUT2D eigenvalue weighted by molar-refractivity contribution is 5.76. The largest absolute Gasteiger partial charge is 0.468 e. The van der Waals surface area contributed by atoms with E-state index in [1.54, 1.807) is 6.26 Å². The molecule has 0 bridgehead atoms. The topological polar surface area (TPSA) is 75.4 Å². The molecule has 1 aromatic carbocycles. The smallest absolute Gasteiger partial charge is 0.231 e. The number of benzene rings is 1. The van der Waals surface area contributed by atoms with Gasteiger partial charge in [-0.05, 0) is 42.7 Å². The summed E-state index contributed by atoms with van der Waals surface area (Å²) in [6.45, 7) is 3.19. The van der Waals surface area contributed by atoms with Gasteiger partial charge in [0.2, 0.25) is 12.7 Å². The lowest BCUT2D eigenvalue weighted by atomic mass is 10.1. The Labute approximate surface area is 164 Å². The Morgan fingerprint density at radius 1 is 1.18 bits per heavy atom. The summed E-state index contributed by atoms with van der Waals surface area (Å²) >= 11 is 0. The van der Waals surface area contributed by atoms with E-state index >= 15 is 0 Å². The van der Waals surface area contributed by atoms with Gasteiger partial charge < -0.3 is 23.9 Å². The normalized spacial score (nSPS) is 19.2. The highest BCUT2D eigenvalue weighted by Crippen LogP contribution is 2.32. The Morgan fingerprint density at radius 3 is 2.89 bits per heavy atom. The molecular weight excluding hydrogens is 360 g/mol. The highest BCUT2D eigenvalue weighted by atomic mass is 16.7. The molecule has 1 fully saturated rings. The van der Waals surface area contributed by atoms with Crippen molar-refractivity contribution in [1.29, 1.82) is 0 Å². The molecule has 1 N–H and O–H groups in total. The van der Waals surface area contributed by atoms with Crippen LogP contribution in [-0.2, 0) is 17.8 Å². The van der Waals surface area contributed by atoms with Crippen LogP contribution in [-0.4, -0.2) is 59.9 Å². The third kappa shape index (κ3) is 4.31. The molecule has 0 saturated carbocycles. The lowest BCUT2D eigenvalue weighted by molar-refractivity contribution is -0.134. The predicted octanol–water partition coefficient (Wildman–Crippen LogP) is 2.04. The number of nitrogens with zero attached hydrogens (tertiary/aromatic N) is 2. The Balaban J connectivity index is 1.32. The first kappa shape index (κ1) is 18.8. The zero-order valence-electron chi connectivity index (χ0n) is 15.9. The molecule has 4 rings (SSSR count). The number of aliphatic hydroxyl groups is 1. The van der Waals surface area contributed by atoms with E-state index in [9.17, 15) is 9.90 Å². The Hall–Kier alpha value is -2.51. The van der Waals surface area contributed by atoms with Crippen LogP contribution >= 0.6 is 0 Å². The summed E-state index contributed by atoms with van der Waals surface area (Å²) in [6, 6.07) is 9.80. The Kier molecular flexibility index (Phi) is 5.83. The second-order valence-electron chi connectivity index (χ2n) is 7.24. The minimum Gasteiger partial charge on any atom is -0.468 e. The van der Waals surface area contributed by atoms with E-state index in [-0.39, 0.29) is 25.3 Å². The van der Waals surface area contributed by atoms with Gasteiger partial charge in [-0.15, -0.1) is 0 Å². The third-order valence-electron chi connectivity index (χ3n) is 5.42. The van der Waals surface area contributed by atoms with Crippen LogP contribution in [0.25, 0.3) is 0 Å². The molecule has 7 nitrogen and oxygen atoms in total. The first-order valence-corrected chi connectivity index (χ1v) is 9.76. The summed E-state index contributed by atoms with van der Waals surface area (Å²) in [5, 5.41) is 9.44. The van der Waals surface area contributed by atoms with Crippen molar-refractivity contribution in [3.05, 3.63) is 47.9 Å². The molecule has 1 saturated heterocycles. The number of carbonyl (C=O) groups excluding carboxylic acids is 1. The maximum atomic E-state index is 12.7. The zero-order chi connectivity index (χ0) is 19.3. The number of fused-ring (bicyclic) bond motifs is 1. The molecule has 1 amide bonds. The molecule has 0 spiro atoms. The van der Waals surface area contributed by atoms with Crippen LogP contribution < -0.4 is 9.47 Å². The van der Waals surface area contributed by atoms with Crippen LogP contribution in [0.3, 0.4) is 0 Å². The summed E-state index contributed by atoms with van der Waals surface area (Å²) in [6.07, 6.45) is 3.45. The van der Waals surface area contributed by atoms with Crippen LogP contribution in [0.4, 0.5) is 0 Å². The van der Waals surface area contributed by atoms with Crippen molar-refractivity contribution < 1.29 is 23.8 Å². The fourth-order valence-electron chi connectivity index (χ4n) is 3.86. The van der Waals surface area contributed by atoms with Crippen molar-refractivity contribution in [2.24, 2.45) is 0 Å². The number of hydrogen-bond donors (Lipinski definition) is 1. The van der Waals surface area contributed by atoms with E-state index in [1.165, 1.54) is 0 Å². The Morgan fingerprint density at radius 2 is 2.07 bits per heavy atom. The van der Waals surface area contributed by atoms with Crippen LogP contribution in [0.5, 0.6) is 11.5 Å². The highest BCUT2D eigenvalue weighted by Gasteiger charge is 2.29. The van der Waals surface area contributed by atoms with Crippen LogP contribution in [0.1, 0.15) is 24.2 Å². The first-order chi connectivity index (χ1) is 13.7. The second-order valence-corrected chi connectivity index (χ2v) is 7.24. The first-order valence-electron chi connectivity index (χ1n) is 9.76. The summed E-state index contributed by atoms with van der Waals surface area (Å²) in [5.41, 5.74) is 1.07. The van der Waals surface area contributed by atoms with Crippen molar-refractivity contribution >= 4 is 5.91 Å². The molecule has 2 aliphatic rings. The second kappa shape index (κ2) is 8.67. The lowest BCUT2D eigenvalue weighted by Gasteiger charge is -2.41. The van der Waals surface area contributed by atoms with E-state index in [0.717, 1.165) is 29.4 Å². The third-order valence-corrected chi connectivity index (χ3v) is 5.42. The van der Waals surface area contributed by atoms with E-state index < -0.39 is 0 Å². The minimum absolute atomic E-state index is 0.110. The monoisotopic (exact) mass is 386 g/mol. The van der Waals surface area contributed by atoms with Gasteiger partial charge in [-0.2, -0.15) is 0 Å². The number of aliphatic hydroxyl groups excluding tert-OH is 1. The zero-order valence-corrected chi connectivity index (χ0v) is 15.9. The molecule has 28 heavy (non-hydrogen) atoms. The van der Waals surface area contributed by atoms with E-state index in [1.807, 2.05) is 35.2 Å². The maximum Gasteiger partial charge on any atom is 0.231 e. The van der Waals surface area contributed by atoms with Gasteiger partial charge in [0.25, 0.3) is 0 Å². The van der Waals surface area contributed by atoms with Crippen LogP contribution in [0.2, 0.25) is 0 Å². The summed E-state index contributed by atoms with van der Waals surface area (Å²) in [7, 11) is 0. The van der Waals surface area contributed by atoms with E-state index in [4.69, 9.17) is 13.9 Å². The molecular formula is C21H26N2O5. The van der Waals surface area contributed by atoms with Crippen LogP contribution in [0, 0.1) is 0 Å². The minimum atomic E-state index is 0.110. The average molecular weight is 386 g/mol. The predicted molar refractivity (Wildman–Crippen MR) is 102 cm³/mol. The molecule has 1 aromatic heterocycles. The molecule has 2 aliphatic heterocycles. The van der Waals surface area contributed by atoms with E-state index in [0.29, 0.717) is 38.9 Å². The van der Waals surface area contributed by atoms with Crippen LogP contribution in [0.15, 0.2) is 41.0 Å². The van der Waals surface area contributed by atoms with Crippen molar-refractivity contribution in [3.63, 3.8) is 0 Å². The molecule has 2 aromatic rings. The number of amides is 1. The fourth-order valence-corrected chi connectivity index (χ4v) is 3.86. The van der Waals surface area contributed by atoms with Gasteiger partial charge >= 0.3 is 0 Å². The molecule has 7 heteroatoms. The van der Waals surface area contributed by atoms with Crippen molar-refractivity contribution in [2.45, 2.75) is 31.8 Å². The van der Waals surface area contributed by atoms with Gasteiger partial charge in [-0.1, -0.05) is 6.07 Å². The van der Waals surface area contributed by atoms with Gasteiger partial charge in [-0.3, -0.25) is 9.69 Å². The number of piperazine rings is 1. The molecule has 0 aliphatic carbocycles. The average Bonchev–Trinajstić information content (AvgIpc) is 3.39. The molecule has 0 radical (unpaired) electrons. The summed E-state index contributed by atoms with van der Waals surface area (Å²) in [5.74, 6) is 2.57. The molecule has 3 heterocycles. The van der Waals surface area contributed by atoms with Crippen molar-refractivity contribution in [1.82, 2.24) is 9.80 Å². The molecule has 150 valence electrons.